The zero-order chi connectivity index (χ0) is 21.3. The summed E-state index contributed by atoms with van der Waals surface area (Å²) in [5.74, 6) is 0. The molecule has 0 spiro atoms. The van der Waals surface area contributed by atoms with Crippen LogP contribution in [0.4, 0.5) is 11.4 Å². The van der Waals surface area contributed by atoms with Gasteiger partial charge in [0.15, 0.2) is 0 Å². The van der Waals surface area contributed by atoms with Crippen LogP contribution in [0, 0.1) is 27.7 Å². The van der Waals surface area contributed by atoms with Crippen LogP contribution in [0.25, 0.3) is 22.3 Å². The average Bonchev–Trinajstić information content (AvgIpc) is 2.74. The molecule has 0 aliphatic rings. The van der Waals surface area contributed by atoms with Gasteiger partial charge in [0, 0.05) is 18.4 Å². The first-order chi connectivity index (χ1) is 14.5. The minimum atomic E-state index is 1.24. The van der Waals surface area contributed by atoms with Gasteiger partial charge < -0.3 is 4.90 Å². The van der Waals surface area contributed by atoms with Crippen molar-refractivity contribution in [1.82, 2.24) is 0 Å². The van der Waals surface area contributed by atoms with Crippen LogP contribution in [0.1, 0.15) is 22.3 Å². The third-order valence-corrected chi connectivity index (χ3v) is 6.03. The number of rotatable bonds is 4. The summed E-state index contributed by atoms with van der Waals surface area (Å²) in [5.41, 5.74) is 12.8. The topological polar surface area (TPSA) is 3.24 Å². The maximum absolute atomic E-state index is 2.30. The van der Waals surface area contributed by atoms with E-state index in [-0.39, 0.29) is 0 Å². The van der Waals surface area contributed by atoms with Gasteiger partial charge in [0.1, 0.15) is 0 Å². The Labute approximate surface area is 180 Å². The first-order valence-electron chi connectivity index (χ1n) is 10.5. The second-order valence-corrected chi connectivity index (χ2v) is 8.19. The van der Waals surface area contributed by atoms with Gasteiger partial charge in [0.25, 0.3) is 0 Å². The molecule has 0 saturated heterocycles. The van der Waals surface area contributed by atoms with Crippen LogP contribution in [-0.4, -0.2) is 7.05 Å². The Bertz CT molecular complexity index is 1110. The van der Waals surface area contributed by atoms with E-state index in [0.717, 1.165) is 0 Å². The zero-order valence-corrected chi connectivity index (χ0v) is 18.5. The first-order valence-corrected chi connectivity index (χ1v) is 10.5. The van der Waals surface area contributed by atoms with E-state index in [0.29, 0.717) is 0 Å². The Morgan fingerprint density at radius 1 is 0.467 bits per heavy atom. The maximum atomic E-state index is 2.30. The molecule has 0 heterocycles. The standard InChI is InChI=1S/C29H29N/c1-20-10-6-8-12-26(20)24-14-16-28(22(3)18-24)30(5)29-17-15-25(19-23(29)4)27-13-9-7-11-21(27)2/h6-19H,1-5H3. The second-order valence-electron chi connectivity index (χ2n) is 8.19. The SMILES string of the molecule is Cc1ccccc1-c1ccc(N(C)c2ccc(-c3ccccc3C)cc2C)c(C)c1. The van der Waals surface area contributed by atoms with Gasteiger partial charge in [-0.25, -0.2) is 0 Å². The first kappa shape index (κ1) is 20.0. The van der Waals surface area contributed by atoms with Crippen LogP contribution in [0.5, 0.6) is 0 Å². The smallest absolute Gasteiger partial charge is 0.0438 e. The fraction of sp³-hybridized carbons (Fsp3) is 0.172. The Hall–Kier alpha value is -3.32. The molecule has 0 amide bonds. The number of hydrogen-bond acceptors (Lipinski definition) is 1. The molecule has 0 bridgehead atoms. The largest absolute Gasteiger partial charge is 0.344 e. The van der Waals surface area contributed by atoms with Crippen LogP contribution >= 0.6 is 0 Å². The Morgan fingerprint density at radius 3 is 1.23 bits per heavy atom. The molecule has 4 aromatic carbocycles. The summed E-state index contributed by atoms with van der Waals surface area (Å²) >= 11 is 0. The number of benzene rings is 4. The quantitative estimate of drug-likeness (QED) is 0.340. The van der Waals surface area contributed by atoms with Gasteiger partial charge in [0.2, 0.25) is 0 Å². The maximum Gasteiger partial charge on any atom is 0.0438 e. The molecule has 1 nitrogen and oxygen atoms in total. The minimum absolute atomic E-state index is 1.24. The van der Waals surface area contributed by atoms with E-state index in [1.165, 1.54) is 55.9 Å². The molecule has 0 radical (unpaired) electrons. The van der Waals surface area contributed by atoms with Crippen molar-refractivity contribution >= 4 is 11.4 Å². The normalized spacial score (nSPS) is 10.8. The van der Waals surface area contributed by atoms with Gasteiger partial charge in [-0.1, -0.05) is 60.7 Å². The lowest BCUT2D eigenvalue weighted by atomic mass is 9.97. The van der Waals surface area contributed by atoms with Crippen LogP contribution in [0.15, 0.2) is 84.9 Å². The minimum Gasteiger partial charge on any atom is -0.344 e. The highest BCUT2D eigenvalue weighted by Gasteiger charge is 2.12. The van der Waals surface area contributed by atoms with Gasteiger partial charge >= 0.3 is 0 Å². The van der Waals surface area contributed by atoms with E-state index in [1.54, 1.807) is 0 Å². The Kier molecular flexibility index (Phi) is 5.46. The summed E-state index contributed by atoms with van der Waals surface area (Å²) in [6.45, 7) is 8.74. The molecular weight excluding hydrogens is 362 g/mol. The molecule has 0 atom stereocenters. The van der Waals surface area contributed by atoms with Crippen molar-refractivity contribution < 1.29 is 0 Å². The van der Waals surface area contributed by atoms with Gasteiger partial charge in [0.05, 0.1) is 0 Å². The van der Waals surface area contributed by atoms with Crippen molar-refractivity contribution in [2.24, 2.45) is 0 Å². The van der Waals surface area contributed by atoms with E-state index in [9.17, 15) is 0 Å². The summed E-state index contributed by atoms with van der Waals surface area (Å²) in [4.78, 5) is 2.30. The van der Waals surface area contributed by atoms with Crippen molar-refractivity contribution in [1.29, 1.82) is 0 Å². The lowest BCUT2D eigenvalue weighted by Gasteiger charge is -2.25. The van der Waals surface area contributed by atoms with Crippen LogP contribution in [-0.2, 0) is 0 Å². The predicted molar refractivity (Wildman–Crippen MR) is 131 cm³/mol. The monoisotopic (exact) mass is 391 g/mol. The van der Waals surface area contributed by atoms with E-state index >= 15 is 0 Å². The summed E-state index contributed by atoms with van der Waals surface area (Å²) in [6, 6.07) is 30.7. The number of hydrogen-bond donors (Lipinski definition) is 0. The van der Waals surface area contributed by atoms with Crippen LogP contribution in [0.2, 0.25) is 0 Å². The van der Waals surface area contributed by atoms with Gasteiger partial charge in [-0.3, -0.25) is 0 Å². The molecule has 1 heteroatoms. The van der Waals surface area contributed by atoms with Gasteiger partial charge in [-0.15, -0.1) is 0 Å². The number of nitrogens with zero attached hydrogens (tertiary/aromatic N) is 1. The average molecular weight is 392 g/mol. The lowest BCUT2D eigenvalue weighted by Crippen LogP contribution is -2.12. The molecule has 0 N–H and O–H groups in total. The molecule has 0 unspecified atom stereocenters. The fourth-order valence-corrected chi connectivity index (χ4v) is 4.32. The van der Waals surface area contributed by atoms with Crippen molar-refractivity contribution in [3.05, 3.63) is 107 Å². The molecule has 0 fully saturated rings. The third kappa shape index (κ3) is 3.76. The van der Waals surface area contributed by atoms with Crippen molar-refractivity contribution in [2.75, 3.05) is 11.9 Å². The molecule has 0 aliphatic heterocycles. The molecule has 4 aromatic rings. The van der Waals surface area contributed by atoms with Crippen LogP contribution < -0.4 is 4.90 Å². The molecular formula is C29H29N. The molecule has 0 aliphatic carbocycles. The summed E-state index contributed by atoms with van der Waals surface area (Å²) in [7, 11) is 2.16. The van der Waals surface area contributed by atoms with Crippen molar-refractivity contribution in [2.45, 2.75) is 27.7 Å². The van der Waals surface area contributed by atoms with E-state index < -0.39 is 0 Å². The summed E-state index contributed by atoms with van der Waals surface area (Å²) in [6.07, 6.45) is 0. The highest BCUT2D eigenvalue weighted by atomic mass is 15.1. The third-order valence-electron chi connectivity index (χ3n) is 6.03. The van der Waals surface area contributed by atoms with Gasteiger partial charge in [-0.05, 0) is 96.5 Å². The van der Waals surface area contributed by atoms with Gasteiger partial charge in [-0.2, -0.15) is 0 Å². The van der Waals surface area contributed by atoms with E-state index in [4.69, 9.17) is 0 Å². The lowest BCUT2D eigenvalue weighted by molar-refractivity contribution is 1.17. The molecule has 0 aromatic heterocycles. The fourth-order valence-electron chi connectivity index (χ4n) is 4.32. The Morgan fingerprint density at radius 2 is 0.867 bits per heavy atom. The molecule has 30 heavy (non-hydrogen) atoms. The van der Waals surface area contributed by atoms with E-state index in [1.807, 2.05) is 0 Å². The van der Waals surface area contributed by atoms with Crippen molar-refractivity contribution in [3.63, 3.8) is 0 Å². The van der Waals surface area contributed by atoms with E-state index in [2.05, 4.69) is 125 Å². The number of anilines is 2. The highest BCUT2D eigenvalue weighted by molar-refractivity contribution is 5.77. The Balaban J connectivity index is 1.67. The molecule has 150 valence electrons. The van der Waals surface area contributed by atoms with Crippen molar-refractivity contribution in [3.8, 4) is 22.3 Å². The number of aryl methyl sites for hydroxylation is 4. The molecule has 4 rings (SSSR count). The summed E-state index contributed by atoms with van der Waals surface area (Å²) < 4.78 is 0. The predicted octanol–water partition coefficient (Wildman–Crippen LogP) is 8.02. The highest BCUT2D eigenvalue weighted by Crippen LogP contribution is 2.35. The molecule has 0 saturated carbocycles. The van der Waals surface area contributed by atoms with Crippen LogP contribution in [0.3, 0.4) is 0 Å². The zero-order valence-electron chi connectivity index (χ0n) is 18.5. The second kappa shape index (κ2) is 8.20. The summed E-state index contributed by atoms with van der Waals surface area (Å²) in [5, 5.41) is 0.